The van der Waals surface area contributed by atoms with Crippen molar-refractivity contribution in [2.75, 3.05) is 24.5 Å². The Hall–Kier alpha value is -1.20. The van der Waals surface area contributed by atoms with Crippen molar-refractivity contribution >= 4 is 27.4 Å². The molecular weight excluding hydrogens is 244 g/mol. The Morgan fingerprint density at radius 1 is 1.33 bits per heavy atom. The Kier molecular flexibility index (Phi) is 3.18. The van der Waals surface area contributed by atoms with Crippen molar-refractivity contribution in [3.63, 3.8) is 0 Å². The van der Waals surface area contributed by atoms with E-state index in [2.05, 4.69) is 34.0 Å². The maximum absolute atomic E-state index is 4.53. The average molecular weight is 262 g/mol. The lowest BCUT2D eigenvalue weighted by molar-refractivity contribution is 0.657. The van der Waals surface area contributed by atoms with E-state index in [1.165, 1.54) is 15.8 Å². The van der Waals surface area contributed by atoms with E-state index in [0.717, 1.165) is 43.2 Å². The van der Waals surface area contributed by atoms with Gasteiger partial charge in [0.2, 0.25) is 0 Å². The van der Waals surface area contributed by atoms with Crippen LogP contribution in [0.1, 0.15) is 24.3 Å². The summed E-state index contributed by atoms with van der Waals surface area (Å²) in [5, 5.41) is 4.72. The largest absolute Gasteiger partial charge is 0.357 e. The van der Waals surface area contributed by atoms with Gasteiger partial charge in [-0.3, -0.25) is 0 Å². The van der Waals surface area contributed by atoms with Gasteiger partial charge in [0.25, 0.3) is 0 Å². The van der Waals surface area contributed by atoms with Gasteiger partial charge in [-0.05, 0) is 32.4 Å². The second-order valence-electron chi connectivity index (χ2n) is 4.48. The summed E-state index contributed by atoms with van der Waals surface area (Å²) in [4.78, 5) is 13.9. The number of fused-ring (bicyclic) bond motifs is 3. The zero-order valence-electron chi connectivity index (χ0n) is 10.9. The van der Waals surface area contributed by atoms with Gasteiger partial charge in [0.1, 0.15) is 17.0 Å². The molecular formula is C13H18N4S. The monoisotopic (exact) mass is 262 g/mol. The van der Waals surface area contributed by atoms with Gasteiger partial charge < -0.3 is 10.2 Å². The quantitative estimate of drug-likeness (QED) is 0.920. The van der Waals surface area contributed by atoms with Crippen LogP contribution in [-0.2, 0) is 13.0 Å². The summed E-state index contributed by atoms with van der Waals surface area (Å²) in [7, 11) is 0. The van der Waals surface area contributed by atoms with Crippen molar-refractivity contribution in [1.82, 2.24) is 15.3 Å². The second kappa shape index (κ2) is 4.82. The van der Waals surface area contributed by atoms with Crippen LogP contribution in [0.15, 0.2) is 6.33 Å². The summed E-state index contributed by atoms with van der Waals surface area (Å²) in [5.74, 6) is 1.12. The van der Waals surface area contributed by atoms with Crippen molar-refractivity contribution in [1.29, 1.82) is 0 Å². The second-order valence-corrected chi connectivity index (χ2v) is 5.56. The van der Waals surface area contributed by atoms with Crippen LogP contribution in [0.5, 0.6) is 0 Å². The fourth-order valence-electron chi connectivity index (χ4n) is 2.61. The number of hydrogen-bond donors (Lipinski definition) is 1. The van der Waals surface area contributed by atoms with Gasteiger partial charge in [-0.2, -0.15) is 0 Å². The molecule has 4 nitrogen and oxygen atoms in total. The Balaban J connectivity index is 2.22. The van der Waals surface area contributed by atoms with E-state index in [0.29, 0.717) is 0 Å². The molecule has 1 aliphatic heterocycles. The van der Waals surface area contributed by atoms with Crippen LogP contribution in [0.3, 0.4) is 0 Å². The number of rotatable bonds is 3. The van der Waals surface area contributed by atoms with E-state index >= 15 is 0 Å². The highest BCUT2D eigenvalue weighted by Crippen LogP contribution is 2.36. The van der Waals surface area contributed by atoms with E-state index in [1.807, 2.05) is 11.3 Å². The predicted octanol–water partition coefficient (Wildman–Crippen LogP) is 2.18. The highest BCUT2D eigenvalue weighted by Gasteiger charge is 2.21. The van der Waals surface area contributed by atoms with Crippen LogP contribution in [-0.4, -0.2) is 29.6 Å². The number of hydrogen-bond acceptors (Lipinski definition) is 5. The molecule has 0 saturated heterocycles. The van der Waals surface area contributed by atoms with E-state index in [-0.39, 0.29) is 0 Å². The van der Waals surface area contributed by atoms with Gasteiger partial charge in [-0.15, -0.1) is 11.3 Å². The molecule has 0 unspecified atom stereocenters. The number of anilines is 1. The van der Waals surface area contributed by atoms with Crippen molar-refractivity contribution in [2.45, 2.75) is 26.8 Å². The van der Waals surface area contributed by atoms with Gasteiger partial charge in [0.15, 0.2) is 0 Å². The van der Waals surface area contributed by atoms with Crippen molar-refractivity contribution in [3.8, 4) is 0 Å². The molecule has 0 saturated carbocycles. The lowest BCUT2D eigenvalue weighted by Gasteiger charge is -2.21. The first-order valence-electron chi connectivity index (χ1n) is 6.56. The molecule has 0 atom stereocenters. The minimum Gasteiger partial charge on any atom is -0.357 e. The molecule has 5 heteroatoms. The van der Waals surface area contributed by atoms with Crippen LogP contribution in [0.4, 0.5) is 5.82 Å². The van der Waals surface area contributed by atoms with Crippen LogP contribution < -0.4 is 10.2 Å². The van der Waals surface area contributed by atoms with E-state index in [9.17, 15) is 0 Å². The number of thiophene rings is 1. The Labute approximate surface area is 111 Å². The fourth-order valence-corrected chi connectivity index (χ4v) is 3.76. The normalized spacial score (nSPS) is 14.8. The summed E-state index contributed by atoms with van der Waals surface area (Å²) in [6.07, 6.45) is 2.79. The molecule has 1 N–H and O–H groups in total. The van der Waals surface area contributed by atoms with Crippen LogP contribution in [0, 0.1) is 0 Å². The van der Waals surface area contributed by atoms with E-state index in [4.69, 9.17) is 0 Å². The first-order valence-corrected chi connectivity index (χ1v) is 7.37. The minimum atomic E-state index is 0.980. The summed E-state index contributed by atoms with van der Waals surface area (Å²) in [5.41, 5.74) is 1.47. The van der Waals surface area contributed by atoms with Crippen molar-refractivity contribution in [3.05, 3.63) is 16.8 Å². The van der Waals surface area contributed by atoms with E-state index < -0.39 is 0 Å². The first kappa shape index (κ1) is 11.9. The third kappa shape index (κ3) is 1.78. The zero-order chi connectivity index (χ0) is 12.5. The smallest absolute Gasteiger partial charge is 0.141 e. The fraction of sp³-hybridized carbons (Fsp3) is 0.538. The van der Waals surface area contributed by atoms with Gasteiger partial charge in [-0.1, -0.05) is 0 Å². The summed E-state index contributed by atoms with van der Waals surface area (Å²) in [6, 6.07) is 0. The molecule has 0 bridgehead atoms. The molecule has 2 aromatic heterocycles. The maximum Gasteiger partial charge on any atom is 0.141 e. The van der Waals surface area contributed by atoms with Crippen molar-refractivity contribution < 1.29 is 0 Å². The predicted molar refractivity (Wildman–Crippen MR) is 76.4 cm³/mol. The highest BCUT2D eigenvalue weighted by atomic mass is 32.1. The number of nitrogens with one attached hydrogen (secondary N) is 1. The van der Waals surface area contributed by atoms with Crippen LogP contribution >= 0.6 is 11.3 Å². The Morgan fingerprint density at radius 3 is 2.94 bits per heavy atom. The molecule has 3 rings (SSSR count). The Bertz CT molecular complexity index is 559. The summed E-state index contributed by atoms with van der Waals surface area (Å²) >= 11 is 1.81. The van der Waals surface area contributed by atoms with Crippen molar-refractivity contribution in [2.24, 2.45) is 0 Å². The lowest BCUT2D eigenvalue weighted by atomic mass is 10.1. The van der Waals surface area contributed by atoms with Gasteiger partial charge in [-0.25, -0.2) is 9.97 Å². The van der Waals surface area contributed by atoms with Crippen LogP contribution in [0.2, 0.25) is 0 Å². The highest BCUT2D eigenvalue weighted by molar-refractivity contribution is 7.18. The first-order chi connectivity index (χ1) is 8.85. The molecule has 0 fully saturated rings. The molecule has 96 valence electrons. The Morgan fingerprint density at radius 2 is 2.17 bits per heavy atom. The van der Waals surface area contributed by atoms with Gasteiger partial charge >= 0.3 is 0 Å². The molecule has 3 heterocycles. The molecule has 0 spiro atoms. The maximum atomic E-state index is 4.53. The average Bonchev–Trinajstić information content (AvgIpc) is 2.79. The third-order valence-corrected chi connectivity index (χ3v) is 4.69. The molecule has 0 amide bonds. The standard InChI is InChI=1S/C13H18N4S/c1-3-17(4-2)12-11-9-5-6-14-7-10(9)18-13(11)16-8-15-12/h8,14H,3-7H2,1-2H3. The zero-order valence-corrected chi connectivity index (χ0v) is 11.7. The number of aromatic nitrogens is 2. The third-order valence-electron chi connectivity index (χ3n) is 3.55. The minimum absolute atomic E-state index is 0.980. The number of nitrogens with zero attached hydrogens (tertiary/aromatic N) is 3. The van der Waals surface area contributed by atoms with Gasteiger partial charge in [0, 0.05) is 24.5 Å². The van der Waals surface area contributed by atoms with Crippen LogP contribution in [0.25, 0.3) is 10.2 Å². The molecule has 2 aromatic rings. The molecule has 0 aromatic carbocycles. The molecule has 0 aliphatic carbocycles. The molecule has 18 heavy (non-hydrogen) atoms. The van der Waals surface area contributed by atoms with Gasteiger partial charge in [0.05, 0.1) is 5.39 Å². The molecule has 1 aliphatic rings. The summed E-state index contributed by atoms with van der Waals surface area (Å²) < 4.78 is 0. The molecule has 0 radical (unpaired) electrons. The topological polar surface area (TPSA) is 41.1 Å². The SMILES string of the molecule is CCN(CC)c1ncnc2sc3c(c12)CCNC3. The summed E-state index contributed by atoms with van der Waals surface area (Å²) in [6.45, 7) is 8.38. The lowest BCUT2D eigenvalue weighted by Crippen LogP contribution is -2.25. The van der Waals surface area contributed by atoms with E-state index in [1.54, 1.807) is 6.33 Å².